The third-order valence-electron chi connectivity index (χ3n) is 5.72. The number of carbonyl (C=O) groups is 1. The smallest absolute Gasteiger partial charge is 0.383 e. The number of rotatable bonds is 5. The number of hydrogen-bond donors (Lipinski definition) is 3. The summed E-state index contributed by atoms with van der Waals surface area (Å²) in [5.74, 6) is 0.221. The van der Waals surface area contributed by atoms with Gasteiger partial charge in [-0.1, -0.05) is 24.3 Å². The number of nitrogen functional groups attached to an aromatic ring is 1. The Kier molecular flexibility index (Phi) is 6.87. The largest absolute Gasteiger partial charge is 0.435 e. The Hall–Kier alpha value is -4.43. The number of aromatic nitrogens is 4. The van der Waals surface area contributed by atoms with Gasteiger partial charge in [0.15, 0.2) is 5.65 Å². The molecule has 15 heteroatoms. The second kappa shape index (κ2) is 9.71. The van der Waals surface area contributed by atoms with Crippen molar-refractivity contribution < 1.29 is 35.5 Å². The maximum absolute atomic E-state index is 14.3. The lowest BCUT2D eigenvalue weighted by atomic mass is 9.94. The van der Waals surface area contributed by atoms with E-state index in [0.29, 0.717) is 28.4 Å². The molecule has 2 aromatic carbocycles. The van der Waals surface area contributed by atoms with Gasteiger partial charge >= 0.3 is 24.1 Å². The molecule has 0 aliphatic carbocycles. The zero-order valence-corrected chi connectivity index (χ0v) is 20.2. The molecule has 39 heavy (non-hydrogen) atoms. The van der Waals surface area contributed by atoms with E-state index in [1.807, 2.05) is 13.8 Å². The quantitative estimate of drug-likeness (QED) is 0.241. The van der Waals surface area contributed by atoms with Crippen LogP contribution in [-0.2, 0) is 5.67 Å². The highest BCUT2D eigenvalue weighted by molar-refractivity contribution is 6.01. The molecule has 0 saturated heterocycles. The van der Waals surface area contributed by atoms with E-state index in [0.717, 1.165) is 12.1 Å². The number of anilines is 3. The van der Waals surface area contributed by atoms with E-state index >= 15 is 0 Å². The molecule has 0 saturated carbocycles. The molecule has 0 fully saturated rings. The molecule has 2 heterocycles. The van der Waals surface area contributed by atoms with E-state index in [4.69, 9.17) is 5.73 Å². The predicted molar refractivity (Wildman–Crippen MR) is 130 cm³/mol. The van der Waals surface area contributed by atoms with Crippen LogP contribution in [0.25, 0.3) is 22.3 Å². The van der Waals surface area contributed by atoms with Crippen LogP contribution in [0.3, 0.4) is 0 Å². The molecule has 0 bridgehead atoms. The van der Waals surface area contributed by atoms with Gasteiger partial charge in [-0.05, 0) is 38.1 Å². The lowest BCUT2D eigenvalue weighted by Gasteiger charge is -2.30. The lowest BCUT2D eigenvalue weighted by molar-refractivity contribution is -0.348. The van der Waals surface area contributed by atoms with Crippen molar-refractivity contribution in [3.8, 4) is 11.3 Å². The van der Waals surface area contributed by atoms with Crippen molar-refractivity contribution >= 4 is 34.3 Å². The van der Waals surface area contributed by atoms with Gasteiger partial charge in [0.1, 0.15) is 17.8 Å². The summed E-state index contributed by atoms with van der Waals surface area (Å²) in [7, 11) is 0. The van der Waals surface area contributed by atoms with E-state index in [9.17, 15) is 35.5 Å². The van der Waals surface area contributed by atoms with Gasteiger partial charge in [-0.25, -0.2) is 23.8 Å². The second-order valence-corrected chi connectivity index (χ2v) is 8.74. The number of nitrogens with zero attached hydrogens (tertiary/aromatic N) is 4. The number of alkyl halides is 7. The van der Waals surface area contributed by atoms with Gasteiger partial charge in [0, 0.05) is 28.5 Å². The van der Waals surface area contributed by atoms with Crippen LogP contribution in [0, 0.1) is 0 Å². The Morgan fingerprint density at radius 3 is 2.10 bits per heavy atom. The first-order valence-electron chi connectivity index (χ1n) is 11.2. The number of hydrogen-bond acceptors (Lipinski definition) is 5. The van der Waals surface area contributed by atoms with Crippen molar-refractivity contribution in [3.63, 3.8) is 0 Å². The van der Waals surface area contributed by atoms with Crippen LogP contribution in [0.5, 0.6) is 0 Å². The van der Waals surface area contributed by atoms with Gasteiger partial charge in [-0.15, -0.1) is 0 Å². The number of amides is 2. The van der Waals surface area contributed by atoms with Crippen molar-refractivity contribution in [1.29, 1.82) is 0 Å². The molecule has 0 spiro atoms. The maximum Gasteiger partial charge on any atom is 0.435 e. The van der Waals surface area contributed by atoms with Crippen molar-refractivity contribution in [2.24, 2.45) is 0 Å². The Morgan fingerprint density at radius 1 is 0.897 bits per heavy atom. The van der Waals surface area contributed by atoms with Gasteiger partial charge in [-0.3, -0.25) is 0 Å². The number of carbonyl (C=O) groups excluding carboxylic acids is 1. The Morgan fingerprint density at radius 2 is 1.51 bits per heavy atom. The van der Waals surface area contributed by atoms with E-state index in [2.05, 4.69) is 25.7 Å². The number of benzene rings is 2. The molecular formula is C24H20F7N7O. The summed E-state index contributed by atoms with van der Waals surface area (Å²) in [6.07, 6.45) is -11.2. The standard InChI is InChI=1S/C24H20F7N7O/c1-12(2)38-20-17(19(32)33-11-34-20)18(37-38)13-6-8-15(9-7-13)35-21(39)36-16-5-3-4-14(10-16)22(25,23(26,27)28)24(29,30)31/h3-12H,1-2H3,(H2,32,33,34)(H2,35,36,39). The molecule has 0 atom stereocenters. The monoisotopic (exact) mass is 555 g/mol. The molecule has 4 rings (SSSR count). The van der Waals surface area contributed by atoms with Crippen molar-refractivity contribution in [3.05, 3.63) is 60.4 Å². The highest BCUT2D eigenvalue weighted by Crippen LogP contribution is 2.53. The highest BCUT2D eigenvalue weighted by Gasteiger charge is 2.73. The number of nitrogens with two attached hydrogens (primary N) is 1. The number of nitrogens with one attached hydrogen (secondary N) is 2. The first-order valence-corrected chi connectivity index (χ1v) is 11.2. The summed E-state index contributed by atoms with van der Waals surface area (Å²) in [6, 6.07) is 7.57. The molecule has 0 aliphatic heterocycles. The molecule has 4 N–H and O–H groups in total. The van der Waals surface area contributed by atoms with Crippen LogP contribution in [0.4, 0.5) is 52.7 Å². The summed E-state index contributed by atoms with van der Waals surface area (Å²) in [5, 5.41) is 9.60. The molecule has 4 aromatic rings. The summed E-state index contributed by atoms with van der Waals surface area (Å²) in [4.78, 5) is 20.6. The SMILES string of the molecule is CC(C)n1nc(-c2ccc(NC(=O)Nc3cccc(C(F)(C(F)(F)F)C(F)(F)F)c3)cc2)c2c(N)ncnc21. The summed E-state index contributed by atoms with van der Waals surface area (Å²) >= 11 is 0. The molecule has 8 nitrogen and oxygen atoms in total. The van der Waals surface area contributed by atoms with Gasteiger partial charge < -0.3 is 16.4 Å². The molecule has 2 amide bonds. The van der Waals surface area contributed by atoms with Crippen molar-refractivity contribution in [1.82, 2.24) is 19.7 Å². The van der Waals surface area contributed by atoms with Crippen LogP contribution >= 0.6 is 0 Å². The minimum Gasteiger partial charge on any atom is -0.383 e. The molecular weight excluding hydrogens is 535 g/mol. The molecule has 0 unspecified atom stereocenters. The van der Waals surface area contributed by atoms with E-state index in [1.54, 1.807) is 16.8 Å². The van der Waals surface area contributed by atoms with Crippen LogP contribution in [0.15, 0.2) is 54.9 Å². The van der Waals surface area contributed by atoms with E-state index in [1.165, 1.54) is 18.5 Å². The molecule has 206 valence electrons. The number of fused-ring (bicyclic) bond motifs is 1. The molecule has 0 aliphatic rings. The van der Waals surface area contributed by atoms with Crippen LogP contribution in [0.2, 0.25) is 0 Å². The molecule has 0 radical (unpaired) electrons. The number of halogens is 7. The van der Waals surface area contributed by atoms with E-state index < -0.39 is 35.3 Å². The van der Waals surface area contributed by atoms with Gasteiger partial charge in [0.25, 0.3) is 0 Å². The van der Waals surface area contributed by atoms with Crippen molar-refractivity contribution in [2.45, 2.75) is 37.9 Å². The van der Waals surface area contributed by atoms with Crippen LogP contribution in [-0.4, -0.2) is 38.1 Å². The Balaban J connectivity index is 1.54. The minimum atomic E-state index is -6.28. The van der Waals surface area contributed by atoms with Gasteiger partial charge in [0.05, 0.1) is 5.39 Å². The zero-order valence-electron chi connectivity index (χ0n) is 20.2. The first-order chi connectivity index (χ1) is 18.1. The Labute approximate surface area is 216 Å². The normalized spacial score (nSPS) is 12.7. The first kappa shape index (κ1) is 27.6. The molecule has 2 aromatic heterocycles. The fraction of sp³-hybridized carbons (Fsp3) is 0.250. The van der Waals surface area contributed by atoms with E-state index in [-0.39, 0.29) is 23.6 Å². The summed E-state index contributed by atoms with van der Waals surface area (Å²) < 4.78 is 94.4. The topological polar surface area (TPSA) is 111 Å². The van der Waals surface area contributed by atoms with Crippen LogP contribution < -0.4 is 16.4 Å². The zero-order chi connectivity index (χ0) is 28.8. The fourth-order valence-electron chi connectivity index (χ4n) is 3.86. The highest BCUT2D eigenvalue weighted by atomic mass is 19.4. The van der Waals surface area contributed by atoms with Gasteiger partial charge in [-0.2, -0.15) is 31.4 Å². The van der Waals surface area contributed by atoms with Crippen molar-refractivity contribution in [2.75, 3.05) is 16.4 Å². The predicted octanol–water partition coefficient (Wildman–Crippen LogP) is 6.59. The number of urea groups is 1. The Bertz CT molecular complexity index is 1500. The average molecular weight is 555 g/mol. The van der Waals surface area contributed by atoms with Crippen LogP contribution in [0.1, 0.15) is 25.5 Å². The fourth-order valence-corrected chi connectivity index (χ4v) is 3.86. The summed E-state index contributed by atoms with van der Waals surface area (Å²) in [6.45, 7) is 3.82. The maximum atomic E-state index is 14.3. The lowest BCUT2D eigenvalue weighted by Crippen LogP contribution is -2.50. The third-order valence-corrected chi connectivity index (χ3v) is 5.72. The average Bonchev–Trinajstić information content (AvgIpc) is 3.24. The van der Waals surface area contributed by atoms with Gasteiger partial charge in [0.2, 0.25) is 0 Å². The minimum absolute atomic E-state index is 0.0338. The second-order valence-electron chi connectivity index (χ2n) is 8.74. The summed E-state index contributed by atoms with van der Waals surface area (Å²) in [5.41, 5.74) is 0.0819. The third kappa shape index (κ3) is 5.03.